The summed E-state index contributed by atoms with van der Waals surface area (Å²) in [5, 5.41) is 29.0. The lowest BCUT2D eigenvalue weighted by molar-refractivity contribution is -0.310. The van der Waals surface area contributed by atoms with E-state index in [0.29, 0.717) is 0 Å². The van der Waals surface area contributed by atoms with Gasteiger partial charge in [0.1, 0.15) is 18.3 Å². The third kappa shape index (κ3) is 4.12. The Morgan fingerprint density at radius 2 is 1.58 bits per heavy atom. The molecule has 1 aliphatic heterocycles. The number of aliphatic hydroxyl groups excluding tert-OH is 2. The van der Waals surface area contributed by atoms with Gasteiger partial charge in [-0.05, 0) is 27.7 Å². The Balaban J connectivity index is 2.87. The maximum absolute atomic E-state index is 11.2. The zero-order valence-electron chi connectivity index (χ0n) is 11.5. The van der Waals surface area contributed by atoms with Gasteiger partial charge in [0.15, 0.2) is 12.4 Å². The van der Waals surface area contributed by atoms with Gasteiger partial charge in [0.2, 0.25) is 0 Å². The molecule has 0 bridgehead atoms. The Labute approximate surface area is 112 Å². The van der Waals surface area contributed by atoms with Crippen LogP contribution in [-0.2, 0) is 19.0 Å². The molecule has 0 radical (unpaired) electrons. The maximum atomic E-state index is 11.2. The second kappa shape index (κ2) is 6.62. The van der Waals surface area contributed by atoms with E-state index in [4.69, 9.17) is 19.3 Å². The molecule has 0 saturated carbocycles. The van der Waals surface area contributed by atoms with Crippen molar-refractivity contribution in [3.8, 4) is 0 Å². The van der Waals surface area contributed by atoms with Crippen LogP contribution in [0.1, 0.15) is 27.7 Å². The van der Waals surface area contributed by atoms with Gasteiger partial charge in [0, 0.05) is 0 Å². The Morgan fingerprint density at radius 3 is 2.00 bits per heavy atom. The van der Waals surface area contributed by atoms with Crippen LogP contribution in [0.15, 0.2) is 0 Å². The lowest BCUT2D eigenvalue weighted by Crippen LogP contribution is -2.61. The average Bonchev–Trinajstić information content (AvgIpc) is 2.27. The molecule has 0 aromatic rings. The van der Waals surface area contributed by atoms with Crippen LogP contribution in [0.25, 0.3) is 0 Å². The van der Waals surface area contributed by atoms with Crippen LogP contribution in [0.5, 0.6) is 0 Å². The summed E-state index contributed by atoms with van der Waals surface area (Å²) in [6.45, 7) is 6.84. The van der Waals surface area contributed by atoms with Crippen molar-refractivity contribution in [1.82, 2.24) is 0 Å². The predicted molar refractivity (Wildman–Crippen MR) is 64.5 cm³/mol. The van der Waals surface area contributed by atoms with Crippen molar-refractivity contribution in [1.29, 1.82) is 0 Å². The highest BCUT2D eigenvalue weighted by Crippen LogP contribution is 2.26. The van der Waals surface area contributed by atoms with Gasteiger partial charge in [-0.25, -0.2) is 4.79 Å². The number of hydrogen-bond donors (Lipinski definition) is 3. The number of aliphatic carboxylic acids is 1. The van der Waals surface area contributed by atoms with E-state index in [0.717, 1.165) is 0 Å². The highest BCUT2D eigenvalue weighted by molar-refractivity contribution is 5.73. The molecular weight excluding hydrogens is 256 g/mol. The molecule has 1 heterocycles. The average molecular weight is 278 g/mol. The summed E-state index contributed by atoms with van der Waals surface area (Å²) in [5.74, 6) is -1.27. The van der Waals surface area contributed by atoms with Crippen LogP contribution in [0.3, 0.4) is 0 Å². The summed E-state index contributed by atoms with van der Waals surface area (Å²) in [6, 6.07) is 0. The first kappa shape index (κ1) is 16.3. The molecular formula is C12H22O7. The number of ether oxygens (including phenoxy) is 3. The van der Waals surface area contributed by atoms with Crippen molar-refractivity contribution in [3.05, 3.63) is 0 Å². The summed E-state index contributed by atoms with van der Waals surface area (Å²) >= 11 is 0. The molecule has 5 atom stereocenters. The zero-order chi connectivity index (χ0) is 14.7. The van der Waals surface area contributed by atoms with E-state index in [1.54, 1.807) is 27.7 Å². The lowest BCUT2D eigenvalue weighted by atomic mass is 9.98. The van der Waals surface area contributed by atoms with Crippen molar-refractivity contribution < 1.29 is 34.3 Å². The van der Waals surface area contributed by atoms with E-state index in [2.05, 4.69) is 0 Å². The van der Waals surface area contributed by atoms with Crippen molar-refractivity contribution in [2.75, 3.05) is 0 Å². The van der Waals surface area contributed by atoms with Crippen LogP contribution in [-0.4, -0.2) is 64.2 Å². The van der Waals surface area contributed by atoms with E-state index in [9.17, 15) is 15.0 Å². The maximum Gasteiger partial charge on any atom is 0.335 e. The third-order valence-electron chi connectivity index (χ3n) is 2.62. The fraction of sp³-hybridized carbons (Fsp3) is 0.917. The molecule has 0 aromatic carbocycles. The summed E-state index contributed by atoms with van der Waals surface area (Å²) in [7, 11) is 0. The van der Waals surface area contributed by atoms with Crippen LogP contribution in [0.4, 0.5) is 0 Å². The molecule has 7 heteroatoms. The number of carboxylic acids is 1. The number of aliphatic hydroxyl groups is 2. The highest BCUT2D eigenvalue weighted by atomic mass is 16.7. The number of carbonyl (C=O) groups is 1. The van der Waals surface area contributed by atoms with Gasteiger partial charge in [-0.2, -0.15) is 0 Å². The van der Waals surface area contributed by atoms with Gasteiger partial charge in [0.25, 0.3) is 0 Å². The Hall–Kier alpha value is -0.730. The van der Waals surface area contributed by atoms with Crippen LogP contribution >= 0.6 is 0 Å². The standard InChI is InChI=1S/C12H22O7/c1-5(2)17-9-7(13)8(14)12(18-6(3)4)19-10(9)11(15)16/h5-10,12-14H,1-4H3,(H,15,16)/t7-,8+,9+,10-,12?/m1/s1. The largest absolute Gasteiger partial charge is 0.479 e. The zero-order valence-corrected chi connectivity index (χ0v) is 11.5. The Bertz CT molecular complexity index is 304. The molecule has 3 N–H and O–H groups in total. The molecule has 0 aliphatic carbocycles. The Morgan fingerprint density at radius 1 is 1.05 bits per heavy atom. The Kier molecular flexibility index (Phi) is 5.69. The van der Waals surface area contributed by atoms with Gasteiger partial charge in [0.05, 0.1) is 12.2 Å². The van der Waals surface area contributed by atoms with Gasteiger partial charge < -0.3 is 29.5 Å². The summed E-state index contributed by atoms with van der Waals surface area (Å²) in [4.78, 5) is 11.2. The number of hydrogen-bond acceptors (Lipinski definition) is 6. The van der Waals surface area contributed by atoms with Gasteiger partial charge in [-0.3, -0.25) is 0 Å². The molecule has 19 heavy (non-hydrogen) atoms. The number of rotatable bonds is 5. The van der Waals surface area contributed by atoms with Crippen LogP contribution in [0.2, 0.25) is 0 Å². The number of carboxylic acid groups (broad SMARTS) is 1. The molecule has 0 aromatic heterocycles. The van der Waals surface area contributed by atoms with Gasteiger partial charge in [-0.1, -0.05) is 0 Å². The fourth-order valence-electron chi connectivity index (χ4n) is 1.88. The van der Waals surface area contributed by atoms with Crippen LogP contribution < -0.4 is 0 Å². The second-order valence-corrected chi connectivity index (χ2v) is 5.08. The van der Waals surface area contributed by atoms with Crippen molar-refractivity contribution in [2.45, 2.75) is 70.6 Å². The fourth-order valence-corrected chi connectivity index (χ4v) is 1.88. The first-order valence-electron chi connectivity index (χ1n) is 6.29. The summed E-state index contributed by atoms with van der Waals surface area (Å²) in [6.07, 6.45) is -7.04. The second-order valence-electron chi connectivity index (χ2n) is 5.08. The van der Waals surface area contributed by atoms with Gasteiger partial charge in [-0.15, -0.1) is 0 Å². The minimum absolute atomic E-state index is 0.274. The van der Waals surface area contributed by atoms with Crippen LogP contribution in [0, 0.1) is 0 Å². The molecule has 7 nitrogen and oxygen atoms in total. The van der Waals surface area contributed by atoms with Crippen molar-refractivity contribution >= 4 is 5.97 Å². The molecule has 1 fully saturated rings. The van der Waals surface area contributed by atoms with Crippen molar-refractivity contribution in [3.63, 3.8) is 0 Å². The topological polar surface area (TPSA) is 105 Å². The van der Waals surface area contributed by atoms with Crippen molar-refractivity contribution in [2.24, 2.45) is 0 Å². The minimum Gasteiger partial charge on any atom is -0.479 e. The van der Waals surface area contributed by atoms with E-state index in [1.165, 1.54) is 0 Å². The summed E-state index contributed by atoms with van der Waals surface area (Å²) < 4.78 is 15.8. The minimum atomic E-state index is -1.39. The van der Waals surface area contributed by atoms with E-state index < -0.39 is 36.7 Å². The molecule has 1 aliphatic rings. The van der Waals surface area contributed by atoms with E-state index in [-0.39, 0.29) is 12.2 Å². The summed E-state index contributed by atoms with van der Waals surface area (Å²) in [5.41, 5.74) is 0. The molecule has 0 amide bonds. The molecule has 0 spiro atoms. The highest BCUT2D eigenvalue weighted by Gasteiger charge is 2.49. The molecule has 112 valence electrons. The monoisotopic (exact) mass is 278 g/mol. The molecule has 1 unspecified atom stereocenters. The van der Waals surface area contributed by atoms with E-state index in [1.807, 2.05) is 0 Å². The quantitative estimate of drug-likeness (QED) is 0.636. The predicted octanol–water partition coefficient (Wildman–Crippen LogP) is -0.264. The third-order valence-corrected chi connectivity index (χ3v) is 2.62. The normalized spacial score (nSPS) is 35.9. The first-order chi connectivity index (χ1) is 8.73. The lowest BCUT2D eigenvalue weighted by Gasteiger charge is -2.41. The molecule has 1 saturated heterocycles. The SMILES string of the molecule is CC(C)OC1O[C@@H](C(=O)O)[C@@H](OC(C)C)[C@H](O)[C@@H]1O. The van der Waals surface area contributed by atoms with Gasteiger partial charge >= 0.3 is 5.97 Å². The smallest absolute Gasteiger partial charge is 0.335 e. The molecule has 1 rings (SSSR count). The van der Waals surface area contributed by atoms with E-state index >= 15 is 0 Å². The first-order valence-corrected chi connectivity index (χ1v) is 6.29.